The molecule has 1 spiro atoms. The van der Waals surface area contributed by atoms with Crippen molar-refractivity contribution in [2.45, 2.75) is 172 Å². The molecule has 0 aromatic heterocycles. The van der Waals surface area contributed by atoms with Crippen molar-refractivity contribution in [3.63, 3.8) is 0 Å². The number of hydrogen-bond acceptors (Lipinski definition) is 10. The van der Waals surface area contributed by atoms with Crippen molar-refractivity contribution in [1.29, 1.82) is 0 Å². The predicted molar refractivity (Wildman–Crippen MR) is 172 cm³/mol. The van der Waals surface area contributed by atoms with Gasteiger partial charge in [-0.1, -0.05) is 41.5 Å². The first kappa shape index (κ1) is 37.4. The van der Waals surface area contributed by atoms with Crippen LogP contribution in [0.25, 0.3) is 0 Å². The maximum atomic E-state index is 11.8. The van der Waals surface area contributed by atoms with Gasteiger partial charge < -0.3 is 48.8 Å². The molecule has 11 nitrogen and oxygen atoms in total. The highest BCUT2D eigenvalue weighted by Crippen LogP contribution is 2.55. The summed E-state index contributed by atoms with van der Waals surface area (Å²) in [5.74, 6) is -4.52. The molecule has 0 amide bonds. The van der Waals surface area contributed by atoms with Crippen molar-refractivity contribution >= 4 is 5.97 Å². The lowest BCUT2D eigenvalue weighted by Crippen LogP contribution is -2.57. The summed E-state index contributed by atoms with van der Waals surface area (Å²) in [6.07, 6.45) is 2.99. The van der Waals surface area contributed by atoms with Crippen molar-refractivity contribution < 1.29 is 53.6 Å². The molecular weight excluding hydrogens is 609 g/mol. The smallest absolute Gasteiger partial charge is 0.308 e. The summed E-state index contributed by atoms with van der Waals surface area (Å²) in [6, 6.07) is 0. The first-order valence-electron chi connectivity index (χ1n) is 18.1. The average molecular weight is 672 g/mol. The molecule has 3 unspecified atom stereocenters. The highest BCUT2D eigenvalue weighted by atomic mass is 16.7. The minimum atomic E-state index is -1.56. The van der Waals surface area contributed by atoms with Crippen LogP contribution >= 0.6 is 0 Å². The molecule has 11 heteroatoms. The van der Waals surface area contributed by atoms with Crippen LogP contribution in [0, 0.1) is 35.5 Å². The second kappa shape index (κ2) is 13.7. The summed E-state index contributed by atoms with van der Waals surface area (Å²) in [5.41, 5.74) is -1.15. The number of hydrogen-bond donors (Lipinski definition) is 4. The number of aliphatic hydroxyl groups excluding tert-OH is 2. The lowest BCUT2D eigenvalue weighted by molar-refractivity contribution is -0.336. The van der Waals surface area contributed by atoms with Crippen LogP contribution in [-0.4, -0.2) is 106 Å². The third-order valence-electron chi connectivity index (χ3n) is 13.0. The molecule has 5 aliphatic heterocycles. The second-order valence-electron chi connectivity index (χ2n) is 16.3. The Labute approximate surface area is 281 Å². The van der Waals surface area contributed by atoms with Crippen LogP contribution < -0.4 is 0 Å². The van der Waals surface area contributed by atoms with Gasteiger partial charge in [0, 0.05) is 37.7 Å². The highest BCUT2D eigenvalue weighted by molar-refractivity contribution is 5.70. The van der Waals surface area contributed by atoms with E-state index in [1.807, 2.05) is 20.8 Å². The normalized spacial score (nSPS) is 50.9. The predicted octanol–water partition coefficient (Wildman–Crippen LogP) is 4.27. The van der Waals surface area contributed by atoms with E-state index >= 15 is 0 Å². The zero-order valence-corrected chi connectivity index (χ0v) is 30.0. The van der Waals surface area contributed by atoms with Crippen LogP contribution in [0.3, 0.4) is 0 Å². The summed E-state index contributed by atoms with van der Waals surface area (Å²) in [7, 11) is 1.52. The zero-order valence-electron chi connectivity index (χ0n) is 30.0. The number of rotatable bonds is 10. The lowest BCUT2D eigenvalue weighted by Gasteiger charge is -2.49. The Morgan fingerprint density at radius 1 is 1.02 bits per heavy atom. The van der Waals surface area contributed by atoms with Crippen LogP contribution in [0.15, 0.2) is 0 Å². The quantitative estimate of drug-likeness (QED) is 0.246. The Balaban J connectivity index is 1.29. The Hall–Kier alpha value is -0.890. The first-order chi connectivity index (χ1) is 22.0. The molecule has 0 bridgehead atoms. The Bertz CT molecular complexity index is 1110. The lowest BCUT2D eigenvalue weighted by atomic mass is 9.78. The molecule has 0 radical (unpaired) electrons. The van der Waals surface area contributed by atoms with Gasteiger partial charge in [-0.2, -0.15) is 0 Å². The summed E-state index contributed by atoms with van der Waals surface area (Å²) < 4.78 is 39.4. The van der Waals surface area contributed by atoms with E-state index in [-0.39, 0.29) is 54.0 Å². The third kappa shape index (κ3) is 6.67. The summed E-state index contributed by atoms with van der Waals surface area (Å²) in [5, 5.41) is 41.8. The molecule has 17 atom stereocenters. The van der Waals surface area contributed by atoms with Gasteiger partial charge in [0.05, 0.1) is 66.5 Å². The Kier molecular flexibility index (Phi) is 10.9. The topological polar surface area (TPSA) is 153 Å². The fourth-order valence-corrected chi connectivity index (χ4v) is 9.91. The monoisotopic (exact) mass is 671 g/mol. The Morgan fingerprint density at radius 3 is 2.34 bits per heavy atom. The van der Waals surface area contributed by atoms with E-state index in [1.165, 1.54) is 7.11 Å². The van der Waals surface area contributed by atoms with Crippen molar-refractivity contribution in [2.24, 2.45) is 35.5 Å². The number of aliphatic carboxylic acids is 1. The molecule has 47 heavy (non-hydrogen) atoms. The second-order valence-corrected chi connectivity index (χ2v) is 16.3. The van der Waals surface area contributed by atoms with E-state index in [1.54, 1.807) is 6.92 Å². The fraction of sp³-hybridized carbons (Fsp3) is 0.972. The van der Waals surface area contributed by atoms with Gasteiger partial charge >= 0.3 is 5.97 Å². The molecule has 5 rings (SSSR count). The maximum Gasteiger partial charge on any atom is 0.308 e. The largest absolute Gasteiger partial charge is 0.481 e. The molecule has 5 fully saturated rings. The van der Waals surface area contributed by atoms with Crippen LogP contribution in [0.5, 0.6) is 0 Å². The van der Waals surface area contributed by atoms with E-state index in [0.717, 1.165) is 32.1 Å². The number of carboxylic acids is 1. The molecular formula is C36H62O11. The van der Waals surface area contributed by atoms with E-state index in [0.29, 0.717) is 19.3 Å². The van der Waals surface area contributed by atoms with Gasteiger partial charge in [-0.15, -0.1) is 0 Å². The van der Waals surface area contributed by atoms with Crippen molar-refractivity contribution in [1.82, 2.24) is 0 Å². The van der Waals surface area contributed by atoms with Crippen LogP contribution in [0.1, 0.15) is 107 Å². The molecule has 4 N–H and O–H groups in total. The molecule has 5 saturated heterocycles. The van der Waals surface area contributed by atoms with Gasteiger partial charge in [-0.25, -0.2) is 0 Å². The van der Waals surface area contributed by atoms with Crippen molar-refractivity contribution in [3.8, 4) is 0 Å². The molecule has 0 aromatic rings. The van der Waals surface area contributed by atoms with Crippen molar-refractivity contribution in [2.75, 3.05) is 13.7 Å². The van der Waals surface area contributed by atoms with Crippen LogP contribution in [0.2, 0.25) is 0 Å². The molecule has 5 heterocycles. The van der Waals surface area contributed by atoms with Gasteiger partial charge in [-0.3, -0.25) is 4.79 Å². The minimum Gasteiger partial charge on any atom is -0.481 e. The maximum absolute atomic E-state index is 11.8. The highest BCUT2D eigenvalue weighted by Gasteiger charge is 2.62. The molecule has 272 valence electrons. The first-order valence-corrected chi connectivity index (χ1v) is 18.1. The molecule has 0 saturated carbocycles. The molecule has 0 aliphatic carbocycles. The summed E-state index contributed by atoms with van der Waals surface area (Å²) in [4.78, 5) is 11.8. The van der Waals surface area contributed by atoms with Gasteiger partial charge in [0.2, 0.25) is 0 Å². The SMILES string of the molecule is CC[C@@]1([C@@H]2OC(C3O[C@@](O)(CO)[C@H](C)C[C@@H]3C)C[C@@H]2C)[13CH2]C[C@H]([C@]2(C)CC[C@]3(C[C@H](O)[C@@H](C)C([C@@H](C)[C@@H](OC)[C@H](C)C(=O)O)O3)O2)O1. The van der Waals surface area contributed by atoms with Gasteiger partial charge in [0.1, 0.15) is 0 Å². The van der Waals surface area contributed by atoms with E-state index < -0.39 is 59.6 Å². The van der Waals surface area contributed by atoms with Gasteiger partial charge in [0.15, 0.2) is 11.6 Å². The number of carbonyl (C=O) groups is 1. The standard InChI is InChI=1S/C36H62O11/c1-10-34(31-20(3)16-26(43-31)28-19(2)15-21(4)36(41,18-37)46-28)12-11-27(44-34)33(8)13-14-35(47-33)17-25(38)22(5)30(45-35)23(6)29(42-9)24(7)32(39)40/h19-31,37-38,41H,10-18H2,1-9H3,(H,39,40)/t19-,20-,21+,22+,23-,24-,25-,26?,27+,28?,29+,30?,31+,33-,34-,35+,36-/m0/s1/i12+1. The zero-order chi connectivity index (χ0) is 34.7. The van der Waals surface area contributed by atoms with Gasteiger partial charge in [-0.05, 0) is 64.2 Å². The van der Waals surface area contributed by atoms with Crippen molar-refractivity contribution in [3.05, 3.63) is 0 Å². The number of aliphatic hydroxyl groups is 3. The minimum absolute atomic E-state index is 0.153. The molecule has 0 aromatic carbocycles. The van der Waals surface area contributed by atoms with Gasteiger partial charge in [0.25, 0.3) is 0 Å². The summed E-state index contributed by atoms with van der Waals surface area (Å²) >= 11 is 0. The molecule has 5 aliphatic rings. The van der Waals surface area contributed by atoms with Crippen LogP contribution in [0.4, 0.5) is 0 Å². The Morgan fingerprint density at radius 2 is 1.72 bits per heavy atom. The average Bonchev–Trinajstić information content (AvgIpc) is 3.73. The van der Waals surface area contributed by atoms with E-state index in [2.05, 4.69) is 27.7 Å². The summed E-state index contributed by atoms with van der Waals surface area (Å²) in [6.45, 7) is 15.6. The van der Waals surface area contributed by atoms with E-state index in [4.69, 9.17) is 28.4 Å². The van der Waals surface area contributed by atoms with Crippen LogP contribution in [-0.2, 0) is 33.2 Å². The number of carboxylic acid groups (broad SMARTS) is 1. The van der Waals surface area contributed by atoms with E-state index in [9.17, 15) is 25.2 Å². The number of ether oxygens (including phenoxy) is 6. The fourth-order valence-electron chi connectivity index (χ4n) is 9.91. The number of methoxy groups -OCH3 is 1. The third-order valence-corrected chi connectivity index (χ3v) is 13.0.